The maximum Gasteiger partial charge on any atom is 0.408 e. The van der Waals surface area contributed by atoms with Gasteiger partial charge in [0.15, 0.2) is 0 Å². The monoisotopic (exact) mass is 421 g/mol. The first-order valence-corrected chi connectivity index (χ1v) is 10.4. The topological polar surface area (TPSA) is 120 Å². The summed E-state index contributed by atoms with van der Waals surface area (Å²) in [5.74, 6) is 0.302. The highest BCUT2D eigenvalue weighted by molar-refractivity contribution is 5.86. The third-order valence-electron chi connectivity index (χ3n) is 5.42. The van der Waals surface area contributed by atoms with E-state index in [9.17, 15) is 19.7 Å². The van der Waals surface area contributed by atoms with Crippen molar-refractivity contribution in [3.05, 3.63) is 39.9 Å². The van der Waals surface area contributed by atoms with Crippen molar-refractivity contribution in [1.29, 1.82) is 0 Å². The highest BCUT2D eigenvalue weighted by Crippen LogP contribution is 2.26. The molecule has 1 aliphatic rings. The van der Waals surface area contributed by atoms with Gasteiger partial charge >= 0.3 is 6.09 Å². The summed E-state index contributed by atoms with van der Waals surface area (Å²) in [4.78, 5) is 34.6. The molecule has 1 saturated carbocycles. The number of non-ortho nitro benzene ring substituents is 1. The molecule has 0 spiro atoms. The number of hydrogen-bond acceptors (Lipinski definition) is 6. The quantitative estimate of drug-likeness (QED) is 0.442. The van der Waals surface area contributed by atoms with Crippen molar-refractivity contribution < 1.29 is 24.0 Å². The predicted octanol–water partition coefficient (Wildman–Crippen LogP) is 3.31. The minimum absolute atomic E-state index is 0.0397. The van der Waals surface area contributed by atoms with Crippen LogP contribution in [0.3, 0.4) is 0 Å². The normalized spacial score (nSPS) is 16.3. The molecule has 9 nitrogen and oxygen atoms in total. The molecule has 1 aromatic rings. The molecule has 0 bridgehead atoms. The predicted molar refractivity (Wildman–Crippen MR) is 111 cm³/mol. The zero-order valence-electron chi connectivity index (χ0n) is 17.6. The van der Waals surface area contributed by atoms with Crippen LogP contribution in [0.5, 0.6) is 0 Å². The lowest BCUT2D eigenvalue weighted by atomic mass is 9.87. The molecule has 9 heteroatoms. The molecule has 0 aliphatic heterocycles. The van der Waals surface area contributed by atoms with Crippen LogP contribution in [-0.4, -0.2) is 42.7 Å². The average molecular weight is 421 g/mol. The summed E-state index contributed by atoms with van der Waals surface area (Å²) in [5.41, 5.74) is 0.561. The fraction of sp³-hybridized carbons (Fsp3) is 0.619. The number of alkyl carbamates (subject to hydrolysis) is 1. The van der Waals surface area contributed by atoms with Gasteiger partial charge in [0.1, 0.15) is 12.6 Å². The van der Waals surface area contributed by atoms with Gasteiger partial charge in [0, 0.05) is 25.8 Å². The number of amides is 2. The summed E-state index contributed by atoms with van der Waals surface area (Å²) < 4.78 is 11.0. The second-order valence-electron chi connectivity index (χ2n) is 7.60. The van der Waals surface area contributed by atoms with E-state index >= 15 is 0 Å². The lowest BCUT2D eigenvalue weighted by Gasteiger charge is -2.26. The molecule has 0 saturated heterocycles. The van der Waals surface area contributed by atoms with E-state index in [0.29, 0.717) is 18.1 Å². The minimum atomic E-state index is -0.884. The van der Waals surface area contributed by atoms with E-state index < -0.39 is 23.2 Å². The molecule has 2 amide bonds. The number of rotatable bonds is 10. The van der Waals surface area contributed by atoms with Gasteiger partial charge in [-0.1, -0.05) is 32.1 Å². The highest BCUT2D eigenvalue weighted by atomic mass is 16.6. The van der Waals surface area contributed by atoms with Crippen LogP contribution in [-0.2, 0) is 20.9 Å². The third-order valence-corrected chi connectivity index (χ3v) is 5.42. The van der Waals surface area contributed by atoms with Gasteiger partial charge in [-0.15, -0.1) is 0 Å². The number of likely N-dealkylation sites (N-methyl/N-ethyl adjacent to an activating group) is 1. The van der Waals surface area contributed by atoms with Gasteiger partial charge in [-0.2, -0.15) is 0 Å². The standard InChI is InChI=1S/C21H31N3O6/c1-15(29-13-12-16-6-4-3-5-7-16)19(20(25)22-2)23-21(26)30-14-17-8-10-18(11-9-17)24(27)28/h8-11,15-16,19H,3-7,12-14H2,1-2H3,(H,22,25)(H,23,26)/t15-,19+/m1/s1. The van der Waals surface area contributed by atoms with Crippen LogP contribution in [0.4, 0.5) is 10.5 Å². The van der Waals surface area contributed by atoms with E-state index in [0.717, 1.165) is 6.42 Å². The van der Waals surface area contributed by atoms with Gasteiger partial charge in [0.25, 0.3) is 5.69 Å². The van der Waals surface area contributed by atoms with Gasteiger partial charge in [-0.05, 0) is 37.0 Å². The Bertz CT molecular complexity index is 703. The van der Waals surface area contributed by atoms with Crippen molar-refractivity contribution >= 4 is 17.7 Å². The Morgan fingerprint density at radius 3 is 2.47 bits per heavy atom. The van der Waals surface area contributed by atoms with Crippen molar-refractivity contribution in [2.45, 2.75) is 64.2 Å². The molecular weight excluding hydrogens is 390 g/mol. The molecule has 2 N–H and O–H groups in total. The van der Waals surface area contributed by atoms with Gasteiger partial charge < -0.3 is 20.1 Å². The summed E-state index contributed by atoms with van der Waals surface area (Å²) >= 11 is 0. The molecule has 2 rings (SSSR count). The Morgan fingerprint density at radius 1 is 1.20 bits per heavy atom. The average Bonchev–Trinajstić information content (AvgIpc) is 2.76. The third kappa shape index (κ3) is 7.62. The molecule has 0 heterocycles. The largest absolute Gasteiger partial charge is 0.445 e. The van der Waals surface area contributed by atoms with Crippen LogP contribution in [0.25, 0.3) is 0 Å². The Balaban J connectivity index is 1.80. The maximum absolute atomic E-state index is 12.2. The summed E-state index contributed by atoms with van der Waals surface area (Å²) in [5, 5.41) is 15.8. The lowest BCUT2D eigenvalue weighted by Crippen LogP contribution is -2.52. The number of benzene rings is 1. The fourth-order valence-corrected chi connectivity index (χ4v) is 3.58. The first-order chi connectivity index (χ1) is 14.4. The summed E-state index contributed by atoms with van der Waals surface area (Å²) in [6.07, 6.45) is 5.97. The van der Waals surface area contributed by atoms with E-state index in [4.69, 9.17) is 9.47 Å². The lowest BCUT2D eigenvalue weighted by molar-refractivity contribution is -0.384. The Labute approximate surface area is 176 Å². The summed E-state index contributed by atoms with van der Waals surface area (Å²) in [6.45, 7) is 2.22. The second kappa shape index (κ2) is 12.1. The highest BCUT2D eigenvalue weighted by Gasteiger charge is 2.28. The number of hydrogen-bond donors (Lipinski definition) is 2. The molecule has 1 aliphatic carbocycles. The molecule has 0 aromatic heterocycles. The number of nitrogens with one attached hydrogen (secondary N) is 2. The van der Waals surface area contributed by atoms with E-state index in [1.165, 1.54) is 63.4 Å². The van der Waals surface area contributed by atoms with Crippen molar-refractivity contribution in [2.75, 3.05) is 13.7 Å². The first-order valence-electron chi connectivity index (χ1n) is 10.4. The van der Waals surface area contributed by atoms with Gasteiger partial charge in [-0.3, -0.25) is 14.9 Å². The van der Waals surface area contributed by atoms with E-state index in [1.807, 2.05) is 0 Å². The second-order valence-corrected chi connectivity index (χ2v) is 7.60. The van der Waals surface area contributed by atoms with Gasteiger partial charge in [-0.25, -0.2) is 4.79 Å². The van der Waals surface area contributed by atoms with Crippen molar-refractivity contribution in [1.82, 2.24) is 10.6 Å². The Morgan fingerprint density at radius 2 is 1.87 bits per heavy atom. The SMILES string of the molecule is CNC(=O)[C@@H](NC(=O)OCc1ccc([N+](=O)[O-])cc1)[C@@H](C)OCCC1CCCCC1. The molecule has 0 radical (unpaired) electrons. The number of carbonyl (C=O) groups is 2. The van der Waals surface area contributed by atoms with Crippen LogP contribution >= 0.6 is 0 Å². The van der Waals surface area contributed by atoms with E-state index in [1.54, 1.807) is 6.92 Å². The van der Waals surface area contributed by atoms with Crippen LogP contribution in [0, 0.1) is 16.0 Å². The zero-order chi connectivity index (χ0) is 21.9. The molecule has 1 fully saturated rings. The van der Waals surface area contributed by atoms with Crippen molar-refractivity contribution in [2.24, 2.45) is 5.92 Å². The van der Waals surface area contributed by atoms with Crippen LogP contribution < -0.4 is 10.6 Å². The minimum Gasteiger partial charge on any atom is -0.445 e. The number of nitro benzene ring substituents is 1. The smallest absolute Gasteiger partial charge is 0.408 e. The van der Waals surface area contributed by atoms with Crippen molar-refractivity contribution in [3.8, 4) is 0 Å². The van der Waals surface area contributed by atoms with Gasteiger partial charge in [0.05, 0.1) is 11.0 Å². The van der Waals surface area contributed by atoms with Crippen LogP contribution in [0.2, 0.25) is 0 Å². The Hall–Kier alpha value is -2.68. The molecule has 0 unspecified atom stereocenters. The van der Waals surface area contributed by atoms with Gasteiger partial charge in [0.2, 0.25) is 5.91 Å². The number of carbonyl (C=O) groups excluding carboxylic acids is 2. The number of ether oxygens (including phenoxy) is 2. The first kappa shape index (κ1) is 23.6. The fourth-order valence-electron chi connectivity index (χ4n) is 3.58. The molecule has 1 aromatic carbocycles. The van der Waals surface area contributed by atoms with E-state index in [2.05, 4.69) is 10.6 Å². The molecule has 166 valence electrons. The maximum atomic E-state index is 12.2. The zero-order valence-corrected chi connectivity index (χ0v) is 17.6. The number of nitrogens with zero attached hydrogens (tertiary/aromatic N) is 1. The Kier molecular flexibility index (Phi) is 9.53. The molecule has 2 atom stereocenters. The summed E-state index contributed by atoms with van der Waals surface area (Å²) in [6, 6.07) is 4.82. The molecule has 30 heavy (non-hydrogen) atoms. The number of nitro groups is 1. The summed E-state index contributed by atoms with van der Waals surface area (Å²) in [7, 11) is 1.49. The van der Waals surface area contributed by atoms with E-state index in [-0.39, 0.29) is 18.2 Å². The van der Waals surface area contributed by atoms with Crippen LogP contribution in [0.1, 0.15) is 51.0 Å². The van der Waals surface area contributed by atoms with Crippen LogP contribution in [0.15, 0.2) is 24.3 Å². The van der Waals surface area contributed by atoms with Crippen molar-refractivity contribution in [3.63, 3.8) is 0 Å². The molecular formula is C21H31N3O6.